The van der Waals surface area contributed by atoms with Crippen LogP contribution in [-0.2, 0) is 9.59 Å². The monoisotopic (exact) mass is 575 g/mol. The number of para-hydroxylation sites is 1. The maximum absolute atomic E-state index is 13.0. The number of nitriles is 1. The molecule has 6 nitrogen and oxygen atoms in total. The SMILES string of the molecule is N#CC1=C(SCC(=O)Nc2ccc(Oc3ccccc3)cc2)NC2=C(C(=O)CCC2)[C@@H]1c1cccc(Cl)c1Cl. The van der Waals surface area contributed by atoms with Crippen LogP contribution in [0, 0.1) is 11.3 Å². The Morgan fingerprint density at radius 3 is 2.51 bits per heavy atom. The maximum Gasteiger partial charge on any atom is 0.234 e. The van der Waals surface area contributed by atoms with Crippen molar-refractivity contribution in [1.82, 2.24) is 5.32 Å². The molecule has 3 aromatic carbocycles. The molecule has 1 amide bonds. The minimum Gasteiger partial charge on any atom is -0.457 e. The zero-order valence-corrected chi connectivity index (χ0v) is 23.0. The molecule has 0 spiro atoms. The molecule has 1 aliphatic heterocycles. The van der Waals surface area contributed by atoms with Gasteiger partial charge in [0.25, 0.3) is 0 Å². The molecule has 0 saturated carbocycles. The lowest BCUT2D eigenvalue weighted by Gasteiger charge is -2.33. The van der Waals surface area contributed by atoms with E-state index >= 15 is 0 Å². The largest absolute Gasteiger partial charge is 0.457 e. The van der Waals surface area contributed by atoms with Gasteiger partial charge in [-0.05, 0) is 60.9 Å². The van der Waals surface area contributed by atoms with Crippen molar-refractivity contribution in [2.45, 2.75) is 25.2 Å². The molecule has 1 heterocycles. The number of carbonyl (C=O) groups excluding carboxylic acids is 2. The third-order valence-corrected chi connectivity index (χ3v) is 8.27. The molecule has 0 aromatic heterocycles. The fourth-order valence-electron chi connectivity index (χ4n) is 4.66. The average molecular weight is 577 g/mol. The standard InChI is InChI=1S/C30H23Cl2N3O3S/c31-23-9-4-8-21(29(23)32)27-22(16-33)30(35-24-10-5-11-25(36)28(24)27)39-17-26(37)34-18-12-14-20(15-13-18)38-19-6-2-1-3-7-19/h1-4,6-9,12-15,27,35H,5,10-11,17H2,(H,34,37)/t27-/m1/s1. The van der Waals surface area contributed by atoms with Crippen molar-refractivity contribution in [3.05, 3.63) is 110 Å². The van der Waals surface area contributed by atoms with Crippen LogP contribution in [0.15, 0.2) is 94.7 Å². The van der Waals surface area contributed by atoms with Crippen LogP contribution >= 0.6 is 35.0 Å². The molecule has 1 atom stereocenters. The Morgan fingerprint density at radius 1 is 1.03 bits per heavy atom. The molecule has 5 rings (SSSR count). The third kappa shape index (κ3) is 5.99. The number of anilines is 1. The van der Waals surface area contributed by atoms with E-state index in [0.717, 1.165) is 11.4 Å². The van der Waals surface area contributed by atoms with Crippen LogP contribution in [0.5, 0.6) is 11.5 Å². The van der Waals surface area contributed by atoms with E-state index in [0.29, 0.717) is 62.5 Å². The van der Waals surface area contributed by atoms with Crippen molar-refractivity contribution in [3.63, 3.8) is 0 Å². The molecule has 196 valence electrons. The summed E-state index contributed by atoms with van der Waals surface area (Å²) in [6, 6.07) is 24.0. The summed E-state index contributed by atoms with van der Waals surface area (Å²) in [6.45, 7) is 0. The van der Waals surface area contributed by atoms with Gasteiger partial charge in [0.2, 0.25) is 5.91 Å². The minimum atomic E-state index is -0.645. The molecule has 0 radical (unpaired) electrons. The van der Waals surface area contributed by atoms with Crippen molar-refractivity contribution in [3.8, 4) is 17.6 Å². The summed E-state index contributed by atoms with van der Waals surface area (Å²) in [5.41, 5.74) is 2.88. The predicted molar refractivity (Wildman–Crippen MR) is 155 cm³/mol. The zero-order chi connectivity index (χ0) is 27.4. The zero-order valence-electron chi connectivity index (χ0n) is 20.7. The summed E-state index contributed by atoms with van der Waals surface area (Å²) in [4.78, 5) is 25.8. The molecule has 3 aromatic rings. The molecule has 0 unspecified atom stereocenters. The lowest BCUT2D eigenvalue weighted by atomic mass is 9.77. The number of allylic oxidation sites excluding steroid dienone is 3. The summed E-state index contributed by atoms with van der Waals surface area (Å²) < 4.78 is 5.79. The van der Waals surface area contributed by atoms with Crippen molar-refractivity contribution >= 4 is 52.3 Å². The van der Waals surface area contributed by atoms with E-state index in [-0.39, 0.29) is 17.4 Å². The van der Waals surface area contributed by atoms with Gasteiger partial charge in [-0.3, -0.25) is 9.59 Å². The molecular formula is C30H23Cl2N3O3S. The lowest BCUT2D eigenvalue weighted by Crippen LogP contribution is -2.32. The normalized spacial score (nSPS) is 16.7. The number of ketones is 1. The van der Waals surface area contributed by atoms with E-state index in [1.54, 1.807) is 42.5 Å². The third-order valence-electron chi connectivity index (χ3n) is 6.42. The molecule has 1 aliphatic carbocycles. The smallest absolute Gasteiger partial charge is 0.234 e. The Labute approximate surface area is 240 Å². The molecule has 2 aliphatic rings. The second-order valence-corrected chi connectivity index (χ2v) is 10.8. The second-order valence-electron chi connectivity index (χ2n) is 9.00. The molecule has 0 saturated heterocycles. The van der Waals surface area contributed by atoms with Gasteiger partial charge >= 0.3 is 0 Å². The number of dihydropyridines is 1. The Bertz CT molecular complexity index is 1530. The predicted octanol–water partition coefficient (Wildman–Crippen LogP) is 7.59. The summed E-state index contributed by atoms with van der Waals surface area (Å²) in [6.07, 6.45) is 1.79. The maximum atomic E-state index is 13.0. The average Bonchev–Trinajstić information content (AvgIpc) is 2.94. The number of nitrogens with zero attached hydrogens (tertiary/aromatic N) is 1. The molecule has 39 heavy (non-hydrogen) atoms. The molecule has 0 fully saturated rings. The van der Waals surface area contributed by atoms with Crippen LogP contribution < -0.4 is 15.4 Å². The van der Waals surface area contributed by atoms with Gasteiger partial charge in [0.05, 0.1) is 38.4 Å². The summed E-state index contributed by atoms with van der Waals surface area (Å²) in [5.74, 6) is 0.540. The summed E-state index contributed by atoms with van der Waals surface area (Å²) in [7, 11) is 0. The minimum absolute atomic E-state index is 0.0148. The molecular weight excluding hydrogens is 553 g/mol. The van der Waals surface area contributed by atoms with Crippen LogP contribution in [0.3, 0.4) is 0 Å². The molecule has 9 heteroatoms. The second kappa shape index (κ2) is 12.0. The van der Waals surface area contributed by atoms with Gasteiger partial charge in [-0.2, -0.15) is 5.26 Å². The van der Waals surface area contributed by atoms with E-state index in [1.807, 2.05) is 30.3 Å². The van der Waals surface area contributed by atoms with Gasteiger partial charge in [-0.25, -0.2) is 0 Å². The lowest BCUT2D eigenvalue weighted by molar-refractivity contribution is -0.116. The number of halogens is 2. The Balaban J connectivity index is 1.32. The Kier molecular flexibility index (Phi) is 8.27. The summed E-state index contributed by atoms with van der Waals surface area (Å²) in [5, 5.41) is 17.5. The van der Waals surface area contributed by atoms with Crippen LogP contribution in [0.1, 0.15) is 30.7 Å². The van der Waals surface area contributed by atoms with Crippen molar-refractivity contribution in [1.29, 1.82) is 5.26 Å². The van der Waals surface area contributed by atoms with E-state index < -0.39 is 5.92 Å². The number of carbonyl (C=O) groups is 2. The Hall–Kier alpha value is -3.70. The first kappa shape index (κ1) is 26.9. The number of hydrogen-bond donors (Lipinski definition) is 2. The highest BCUT2D eigenvalue weighted by molar-refractivity contribution is 8.03. The number of nitrogens with one attached hydrogen (secondary N) is 2. The van der Waals surface area contributed by atoms with Gasteiger partial charge in [-0.15, -0.1) is 0 Å². The first-order valence-electron chi connectivity index (χ1n) is 12.3. The highest BCUT2D eigenvalue weighted by atomic mass is 35.5. The number of Topliss-reactive ketones (excluding diaryl/α,β-unsaturated/α-hetero) is 1. The number of thioether (sulfide) groups is 1. The van der Waals surface area contributed by atoms with Crippen LogP contribution in [0.2, 0.25) is 10.0 Å². The fourth-order valence-corrected chi connectivity index (χ4v) is 5.94. The van der Waals surface area contributed by atoms with Crippen LogP contribution in [-0.4, -0.2) is 17.4 Å². The molecule has 0 bridgehead atoms. The van der Waals surface area contributed by atoms with Crippen molar-refractivity contribution in [2.75, 3.05) is 11.1 Å². The quantitative estimate of drug-likeness (QED) is 0.301. The number of amides is 1. The van der Waals surface area contributed by atoms with Gasteiger partial charge in [-0.1, -0.05) is 65.3 Å². The summed E-state index contributed by atoms with van der Waals surface area (Å²) >= 11 is 14.1. The van der Waals surface area contributed by atoms with Gasteiger partial charge in [0.15, 0.2) is 5.78 Å². The van der Waals surface area contributed by atoms with E-state index in [4.69, 9.17) is 27.9 Å². The molecule has 2 N–H and O–H groups in total. The van der Waals surface area contributed by atoms with Crippen LogP contribution in [0.25, 0.3) is 0 Å². The van der Waals surface area contributed by atoms with Crippen molar-refractivity contribution < 1.29 is 14.3 Å². The number of rotatable bonds is 7. The first-order chi connectivity index (χ1) is 18.9. The number of ether oxygens (including phenoxy) is 1. The Morgan fingerprint density at radius 2 is 1.77 bits per heavy atom. The van der Waals surface area contributed by atoms with E-state index in [2.05, 4.69) is 16.7 Å². The van der Waals surface area contributed by atoms with E-state index in [1.165, 1.54) is 11.8 Å². The van der Waals surface area contributed by atoms with Gasteiger partial charge in [0.1, 0.15) is 11.5 Å². The highest BCUT2D eigenvalue weighted by Gasteiger charge is 2.38. The first-order valence-corrected chi connectivity index (χ1v) is 14.1. The van der Waals surface area contributed by atoms with Crippen molar-refractivity contribution in [2.24, 2.45) is 0 Å². The topological polar surface area (TPSA) is 91.2 Å². The number of hydrogen-bond acceptors (Lipinski definition) is 6. The van der Waals surface area contributed by atoms with Gasteiger partial charge < -0.3 is 15.4 Å². The number of benzene rings is 3. The van der Waals surface area contributed by atoms with Crippen LogP contribution in [0.4, 0.5) is 5.69 Å². The fraction of sp³-hybridized carbons (Fsp3) is 0.167. The van der Waals surface area contributed by atoms with Gasteiger partial charge in [0, 0.05) is 23.4 Å². The highest BCUT2D eigenvalue weighted by Crippen LogP contribution is 2.46. The van der Waals surface area contributed by atoms with E-state index in [9.17, 15) is 14.9 Å².